The second-order valence-corrected chi connectivity index (χ2v) is 6.55. The molecule has 0 saturated heterocycles. The molecule has 0 bridgehead atoms. The number of halogens is 1. The first-order valence-corrected chi connectivity index (χ1v) is 8.63. The van der Waals surface area contributed by atoms with Gasteiger partial charge in [-0.2, -0.15) is 0 Å². The molecular weight excluding hydrogens is 319 g/mol. The lowest BCUT2D eigenvalue weighted by molar-refractivity contribution is -0.117. The van der Waals surface area contributed by atoms with E-state index >= 15 is 0 Å². The fraction of sp³-hybridized carbons (Fsp3) is 0.350. The highest BCUT2D eigenvalue weighted by molar-refractivity contribution is 5.91. The van der Waals surface area contributed by atoms with Crippen LogP contribution in [0.1, 0.15) is 31.2 Å². The van der Waals surface area contributed by atoms with Gasteiger partial charge in [-0.25, -0.2) is 4.39 Å². The van der Waals surface area contributed by atoms with Crippen molar-refractivity contribution in [1.82, 2.24) is 0 Å². The largest absolute Gasteiger partial charge is 0.489 e. The molecule has 5 heteroatoms. The van der Waals surface area contributed by atoms with Crippen molar-refractivity contribution in [2.24, 2.45) is 11.7 Å². The van der Waals surface area contributed by atoms with E-state index in [0.29, 0.717) is 24.5 Å². The average molecular weight is 342 g/mol. The summed E-state index contributed by atoms with van der Waals surface area (Å²) in [5, 5.41) is 2.91. The van der Waals surface area contributed by atoms with Crippen LogP contribution in [0.4, 0.5) is 10.1 Å². The third-order valence-corrected chi connectivity index (χ3v) is 4.60. The van der Waals surface area contributed by atoms with Gasteiger partial charge in [-0.05, 0) is 48.6 Å². The summed E-state index contributed by atoms with van der Waals surface area (Å²) in [7, 11) is 0. The molecule has 0 radical (unpaired) electrons. The van der Waals surface area contributed by atoms with Gasteiger partial charge in [0.25, 0.3) is 0 Å². The van der Waals surface area contributed by atoms with Gasteiger partial charge in [-0.15, -0.1) is 0 Å². The van der Waals surface area contributed by atoms with E-state index < -0.39 is 0 Å². The van der Waals surface area contributed by atoms with Gasteiger partial charge in [-0.3, -0.25) is 4.79 Å². The lowest BCUT2D eigenvalue weighted by atomic mass is 10.00. The molecule has 25 heavy (non-hydrogen) atoms. The van der Waals surface area contributed by atoms with E-state index in [1.54, 1.807) is 18.2 Å². The first-order valence-electron chi connectivity index (χ1n) is 8.63. The number of nitrogens with two attached hydrogens (primary N) is 1. The number of anilines is 1. The predicted molar refractivity (Wildman–Crippen MR) is 95.7 cm³/mol. The molecule has 0 heterocycles. The maximum atomic E-state index is 12.9. The molecule has 0 spiro atoms. The minimum Gasteiger partial charge on any atom is -0.489 e. The van der Waals surface area contributed by atoms with Crippen LogP contribution in [-0.4, -0.2) is 11.9 Å². The molecule has 0 unspecified atom stereocenters. The third kappa shape index (κ3) is 5.03. The summed E-state index contributed by atoms with van der Waals surface area (Å²) < 4.78 is 18.6. The number of benzene rings is 2. The molecule has 3 rings (SSSR count). The van der Waals surface area contributed by atoms with Crippen LogP contribution in [-0.2, 0) is 11.4 Å². The smallest absolute Gasteiger partial charge is 0.224 e. The molecule has 2 atom stereocenters. The zero-order valence-electron chi connectivity index (χ0n) is 14.1. The molecule has 4 nitrogen and oxygen atoms in total. The first-order chi connectivity index (χ1) is 12.1. The Morgan fingerprint density at radius 3 is 2.72 bits per heavy atom. The summed E-state index contributed by atoms with van der Waals surface area (Å²) in [5.74, 6) is 0.645. The molecule has 0 aliphatic heterocycles. The van der Waals surface area contributed by atoms with Crippen LogP contribution in [0.15, 0.2) is 48.5 Å². The van der Waals surface area contributed by atoms with Crippen LogP contribution in [0.25, 0.3) is 0 Å². The molecule has 2 aromatic rings. The van der Waals surface area contributed by atoms with Crippen molar-refractivity contribution in [2.45, 2.75) is 38.3 Å². The maximum Gasteiger partial charge on any atom is 0.224 e. The van der Waals surface area contributed by atoms with Crippen LogP contribution in [0.5, 0.6) is 5.75 Å². The van der Waals surface area contributed by atoms with Crippen molar-refractivity contribution in [1.29, 1.82) is 0 Å². The van der Waals surface area contributed by atoms with E-state index in [2.05, 4.69) is 5.32 Å². The van der Waals surface area contributed by atoms with Crippen molar-refractivity contribution in [3.8, 4) is 5.75 Å². The quantitative estimate of drug-likeness (QED) is 0.838. The standard InChI is InChI=1S/C20H23FN2O2/c21-16-9-7-14(8-10-16)13-25-18-5-2-4-17(12-18)23-20(24)11-15-3-1-6-19(15)22/h2,4-5,7-10,12,15,19H,1,3,6,11,13,22H2,(H,23,24)/t15-,19+/m0/s1. The molecule has 1 aliphatic rings. The molecule has 3 N–H and O–H groups in total. The molecule has 1 aliphatic carbocycles. The van der Waals surface area contributed by atoms with Gasteiger partial charge in [0.2, 0.25) is 5.91 Å². The zero-order chi connectivity index (χ0) is 17.6. The molecule has 0 aromatic heterocycles. The minimum atomic E-state index is -0.268. The first kappa shape index (κ1) is 17.4. The summed E-state index contributed by atoms with van der Waals surface area (Å²) in [6, 6.07) is 13.6. The van der Waals surface area contributed by atoms with Crippen LogP contribution in [0.2, 0.25) is 0 Å². The van der Waals surface area contributed by atoms with Crippen LogP contribution in [0.3, 0.4) is 0 Å². The predicted octanol–water partition coefficient (Wildman–Crippen LogP) is 3.86. The highest BCUT2D eigenvalue weighted by Gasteiger charge is 2.26. The number of hydrogen-bond donors (Lipinski definition) is 2. The highest BCUT2D eigenvalue weighted by Crippen LogP contribution is 2.27. The normalized spacial score (nSPS) is 19.6. The minimum absolute atomic E-state index is 0.0157. The molecular formula is C20H23FN2O2. The van der Waals surface area contributed by atoms with E-state index in [9.17, 15) is 9.18 Å². The molecule has 1 fully saturated rings. The third-order valence-electron chi connectivity index (χ3n) is 4.60. The molecule has 2 aromatic carbocycles. The topological polar surface area (TPSA) is 64.4 Å². The van der Waals surface area contributed by atoms with Gasteiger partial charge in [0, 0.05) is 24.2 Å². The van der Waals surface area contributed by atoms with Gasteiger partial charge in [0.15, 0.2) is 0 Å². The Balaban J connectivity index is 1.53. The summed E-state index contributed by atoms with van der Waals surface area (Å²) in [6.07, 6.45) is 3.59. The number of carbonyl (C=O) groups excluding carboxylic acids is 1. The summed E-state index contributed by atoms with van der Waals surface area (Å²) >= 11 is 0. The van der Waals surface area contributed by atoms with Crippen molar-refractivity contribution in [2.75, 3.05) is 5.32 Å². The molecule has 1 saturated carbocycles. The van der Waals surface area contributed by atoms with E-state index in [0.717, 1.165) is 24.8 Å². The van der Waals surface area contributed by atoms with E-state index in [-0.39, 0.29) is 23.7 Å². The number of ether oxygens (including phenoxy) is 1. The van der Waals surface area contributed by atoms with Gasteiger partial charge >= 0.3 is 0 Å². The lowest BCUT2D eigenvalue weighted by Crippen LogP contribution is -2.28. The van der Waals surface area contributed by atoms with Crippen molar-refractivity contribution >= 4 is 11.6 Å². The maximum absolute atomic E-state index is 12.9. The SMILES string of the molecule is N[C@@H]1CCC[C@H]1CC(=O)Nc1cccc(OCc2ccc(F)cc2)c1. The Morgan fingerprint density at radius 1 is 1.20 bits per heavy atom. The fourth-order valence-corrected chi connectivity index (χ4v) is 3.18. The monoisotopic (exact) mass is 342 g/mol. The van der Waals surface area contributed by atoms with Gasteiger partial charge < -0.3 is 15.8 Å². The number of nitrogens with one attached hydrogen (secondary N) is 1. The molecule has 132 valence electrons. The number of carbonyl (C=O) groups is 1. The average Bonchev–Trinajstić information content (AvgIpc) is 2.99. The Morgan fingerprint density at radius 2 is 2.00 bits per heavy atom. The second-order valence-electron chi connectivity index (χ2n) is 6.55. The number of hydrogen-bond acceptors (Lipinski definition) is 3. The van der Waals surface area contributed by atoms with E-state index in [4.69, 9.17) is 10.5 Å². The summed E-state index contributed by atoms with van der Waals surface area (Å²) in [4.78, 5) is 12.2. The Bertz CT molecular complexity index is 718. The number of rotatable bonds is 6. The van der Waals surface area contributed by atoms with Gasteiger partial charge in [0.05, 0.1) is 0 Å². The molecule has 1 amide bonds. The lowest BCUT2D eigenvalue weighted by Gasteiger charge is -2.15. The van der Waals surface area contributed by atoms with Crippen molar-refractivity contribution in [3.05, 3.63) is 59.9 Å². The van der Waals surface area contributed by atoms with Crippen LogP contribution < -0.4 is 15.8 Å². The van der Waals surface area contributed by atoms with E-state index in [1.807, 2.05) is 18.2 Å². The van der Waals surface area contributed by atoms with E-state index in [1.165, 1.54) is 12.1 Å². The van der Waals surface area contributed by atoms with Gasteiger partial charge in [0.1, 0.15) is 18.2 Å². The van der Waals surface area contributed by atoms with Crippen LogP contribution in [0, 0.1) is 11.7 Å². The summed E-state index contributed by atoms with van der Waals surface area (Å²) in [6.45, 7) is 0.342. The Hall–Kier alpha value is -2.40. The fourth-order valence-electron chi connectivity index (χ4n) is 3.18. The summed E-state index contributed by atoms with van der Waals surface area (Å²) in [5.41, 5.74) is 7.61. The Labute approximate surface area is 147 Å². The van der Waals surface area contributed by atoms with Crippen molar-refractivity contribution < 1.29 is 13.9 Å². The zero-order valence-corrected chi connectivity index (χ0v) is 14.1. The second kappa shape index (κ2) is 8.12. The number of amides is 1. The van der Waals surface area contributed by atoms with Crippen molar-refractivity contribution in [3.63, 3.8) is 0 Å². The van der Waals surface area contributed by atoms with Crippen LogP contribution >= 0.6 is 0 Å². The highest BCUT2D eigenvalue weighted by atomic mass is 19.1. The Kier molecular flexibility index (Phi) is 5.66. The van der Waals surface area contributed by atoms with Gasteiger partial charge in [-0.1, -0.05) is 24.6 Å².